The molecule has 1 aliphatic rings. The predicted octanol–water partition coefficient (Wildman–Crippen LogP) is 1.34. The number of carbonyl (C=O) groups is 1. The molecule has 1 saturated heterocycles. The van der Waals surface area contributed by atoms with Gasteiger partial charge in [0, 0.05) is 26.8 Å². The average Bonchev–Trinajstić information content (AvgIpc) is 2.34. The van der Waals surface area contributed by atoms with Gasteiger partial charge >= 0.3 is 0 Å². The quantitative estimate of drug-likeness (QED) is 0.683. The highest BCUT2D eigenvalue weighted by Gasteiger charge is 2.19. The largest absolute Gasteiger partial charge is 0.385 e. The van der Waals surface area contributed by atoms with Crippen molar-refractivity contribution in [3.05, 3.63) is 0 Å². The van der Waals surface area contributed by atoms with Gasteiger partial charge in [-0.05, 0) is 38.6 Å². The molecule has 102 valence electrons. The normalized spacial score (nSPS) is 19.5. The molecule has 0 radical (unpaired) electrons. The number of carbonyl (C=O) groups excluding carboxylic acids is 1. The topological polar surface area (TPSA) is 50.4 Å². The van der Waals surface area contributed by atoms with Crippen LogP contribution in [0.3, 0.4) is 0 Å². The van der Waals surface area contributed by atoms with Gasteiger partial charge in [-0.1, -0.05) is 0 Å². The average molecular weight is 265 g/mol. The van der Waals surface area contributed by atoms with Crippen LogP contribution < -0.4 is 10.6 Å². The number of methoxy groups -OCH3 is 1. The molecule has 1 amide bonds. The maximum atomic E-state index is 11.7. The summed E-state index contributed by atoms with van der Waals surface area (Å²) in [5, 5.41) is 6.27. The van der Waals surface area contributed by atoms with Crippen LogP contribution in [0.5, 0.6) is 0 Å². The lowest BCUT2D eigenvalue weighted by Crippen LogP contribution is -2.40. The second kappa shape index (κ2) is 10.8. The summed E-state index contributed by atoms with van der Waals surface area (Å²) in [5.41, 5.74) is 0. The minimum Gasteiger partial charge on any atom is -0.385 e. The van der Waals surface area contributed by atoms with Gasteiger partial charge in [0.15, 0.2) is 0 Å². The number of hydrogen-bond acceptors (Lipinski definition) is 3. The Morgan fingerprint density at radius 3 is 2.88 bits per heavy atom. The van der Waals surface area contributed by atoms with E-state index in [2.05, 4.69) is 10.6 Å². The lowest BCUT2D eigenvalue weighted by Gasteiger charge is -2.21. The molecule has 5 heteroatoms. The third kappa shape index (κ3) is 7.58. The van der Waals surface area contributed by atoms with E-state index < -0.39 is 0 Å². The van der Waals surface area contributed by atoms with Gasteiger partial charge in [-0.15, -0.1) is 12.4 Å². The Labute approximate surface area is 110 Å². The van der Waals surface area contributed by atoms with Gasteiger partial charge < -0.3 is 15.4 Å². The van der Waals surface area contributed by atoms with Crippen molar-refractivity contribution in [3.63, 3.8) is 0 Å². The van der Waals surface area contributed by atoms with E-state index in [0.29, 0.717) is 0 Å². The molecule has 0 spiro atoms. The summed E-state index contributed by atoms with van der Waals surface area (Å²) >= 11 is 0. The van der Waals surface area contributed by atoms with Crippen LogP contribution in [0.15, 0.2) is 0 Å². The Morgan fingerprint density at radius 2 is 2.24 bits per heavy atom. The Kier molecular flexibility index (Phi) is 10.6. The van der Waals surface area contributed by atoms with Gasteiger partial charge in [0.05, 0.1) is 5.92 Å². The first-order chi connectivity index (χ1) is 7.84. The molecular weight excluding hydrogens is 240 g/mol. The van der Waals surface area contributed by atoms with Crippen LogP contribution in [0.4, 0.5) is 0 Å². The number of hydrogen-bond donors (Lipinski definition) is 2. The van der Waals surface area contributed by atoms with Gasteiger partial charge in [-0.2, -0.15) is 0 Å². The van der Waals surface area contributed by atoms with Crippen LogP contribution in [-0.4, -0.2) is 39.3 Å². The predicted molar refractivity (Wildman–Crippen MR) is 71.6 cm³/mol. The number of ether oxygens (including phenoxy) is 1. The Bertz CT molecular complexity index is 197. The van der Waals surface area contributed by atoms with E-state index in [1.54, 1.807) is 7.11 Å². The molecule has 1 fully saturated rings. The highest BCUT2D eigenvalue weighted by atomic mass is 35.5. The molecule has 0 aromatic rings. The second-order valence-corrected chi connectivity index (χ2v) is 4.39. The second-order valence-electron chi connectivity index (χ2n) is 4.39. The minimum absolute atomic E-state index is 0. The van der Waals surface area contributed by atoms with E-state index in [1.165, 1.54) is 0 Å². The van der Waals surface area contributed by atoms with Gasteiger partial charge in [0.1, 0.15) is 0 Å². The van der Waals surface area contributed by atoms with Gasteiger partial charge in [0.2, 0.25) is 5.91 Å². The molecule has 1 heterocycles. The fourth-order valence-corrected chi connectivity index (χ4v) is 1.98. The number of amides is 1. The van der Waals surface area contributed by atoms with E-state index in [1.807, 2.05) is 0 Å². The molecule has 2 N–H and O–H groups in total. The van der Waals surface area contributed by atoms with E-state index in [4.69, 9.17) is 4.74 Å². The first-order valence-electron chi connectivity index (χ1n) is 6.32. The molecule has 4 nitrogen and oxygen atoms in total. The van der Waals surface area contributed by atoms with Crippen LogP contribution in [0.2, 0.25) is 0 Å². The molecule has 0 saturated carbocycles. The monoisotopic (exact) mass is 264 g/mol. The van der Waals surface area contributed by atoms with Crippen molar-refractivity contribution in [3.8, 4) is 0 Å². The zero-order valence-corrected chi connectivity index (χ0v) is 11.5. The maximum Gasteiger partial charge on any atom is 0.224 e. The van der Waals surface area contributed by atoms with Gasteiger partial charge in [0.25, 0.3) is 0 Å². The van der Waals surface area contributed by atoms with Crippen LogP contribution in [-0.2, 0) is 9.53 Å². The first kappa shape index (κ1) is 16.7. The van der Waals surface area contributed by atoms with Crippen LogP contribution >= 0.6 is 12.4 Å². The summed E-state index contributed by atoms with van der Waals surface area (Å²) < 4.78 is 4.97. The third-order valence-corrected chi connectivity index (χ3v) is 2.99. The summed E-state index contributed by atoms with van der Waals surface area (Å²) in [6.45, 7) is 3.52. The number of nitrogens with one attached hydrogen (secondary N) is 2. The van der Waals surface area contributed by atoms with E-state index in [-0.39, 0.29) is 24.2 Å². The molecule has 1 atom stereocenters. The first-order valence-corrected chi connectivity index (χ1v) is 6.32. The number of halogens is 1. The summed E-state index contributed by atoms with van der Waals surface area (Å²) in [4.78, 5) is 11.7. The SMILES string of the molecule is COCCCCCNC(=O)C1CCCNC1.Cl. The molecule has 1 unspecified atom stereocenters. The van der Waals surface area contributed by atoms with Crippen molar-refractivity contribution in [2.75, 3.05) is 33.4 Å². The molecule has 1 rings (SSSR count). The molecular formula is C12H25ClN2O2. The lowest BCUT2D eigenvalue weighted by atomic mass is 9.99. The maximum absolute atomic E-state index is 11.7. The summed E-state index contributed by atoms with van der Waals surface area (Å²) in [6.07, 6.45) is 5.40. The van der Waals surface area contributed by atoms with E-state index in [0.717, 1.165) is 58.3 Å². The van der Waals surface area contributed by atoms with Gasteiger partial charge in [-0.25, -0.2) is 0 Å². The van der Waals surface area contributed by atoms with Crippen molar-refractivity contribution in [1.29, 1.82) is 0 Å². The van der Waals surface area contributed by atoms with Crippen LogP contribution in [0.1, 0.15) is 32.1 Å². The smallest absolute Gasteiger partial charge is 0.224 e. The third-order valence-electron chi connectivity index (χ3n) is 2.99. The highest BCUT2D eigenvalue weighted by Crippen LogP contribution is 2.09. The molecule has 17 heavy (non-hydrogen) atoms. The van der Waals surface area contributed by atoms with E-state index in [9.17, 15) is 4.79 Å². The Hall–Kier alpha value is -0.320. The van der Waals surface area contributed by atoms with Gasteiger partial charge in [-0.3, -0.25) is 4.79 Å². The minimum atomic E-state index is 0. The highest BCUT2D eigenvalue weighted by molar-refractivity contribution is 5.85. The van der Waals surface area contributed by atoms with Crippen LogP contribution in [0.25, 0.3) is 0 Å². The molecule has 0 bridgehead atoms. The lowest BCUT2D eigenvalue weighted by molar-refractivity contribution is -0.125. The Morgan fingerprint density at radius 1 is 1.41 bits per heavy atom. The summed E-state index contributed by atoms with van der Waals surface area (Å²) in [5.74, 6) is 0.409. The van der Waals surface area contributed by atoms with Crippen LogP contribution in [0, 0.1) is 5.92 Å². The number of unbranched alkanes of at least 4 members (excludes halogenated alkanes) is 2. The zero-order chi connectivity index (χ0) is 11.6. The van der Waals surface area contributed by atoms with Crippen molar-refractivity contribution < 1.29 is 9.53 Å². The molecule has 0 aromatic heterocycles. The fraction of sp³-hybridized carbons (Fsp3) is 0.917. The van der Waals surface area contributed by atoms with Crippen molar-refractivity contribution in [2.45, 2.75) is 32.1 Å². The number of rotatable bonds is 7. The Balaban J connectivity index is 0.00000256. The fourth-order valence-electron chi connectivity index (χ4n) is 1.98. The van der Waals surface area contributed by atoms with E-state index >= 15 is 0 Å². The molecule has 0 aromatic carbocycles. The van der Waals surface area contributed by atoms with Crippen molar-refractivity contribution in [1.82, 2.24) is 10.6 Å². The standard InChI is InChI=1S/C12H24N2O2.ClH/c1-16-9-4-2-3-8-14-12(15)11-6-5-7-13-10-11;/h11,13H,2-10H2,1H3,(H,14,15);1H. The summed E-state index contributed by atoms with van der Waals surface area (Å²) in [7, 11) is 1.72. The van der Waals surface area contributed by atoms with Crippen molar-refractivity contribution >= 4 is 18.3 Å². The number of piperidine rings is 1. The summed E-state index contributed by atoms with van der Waals surface area (Å²) in [6, 6.07) is 0. The van der Waals surface area contributed by atoms with Crippen molar-refractivity contribution in [2.24, 2.45) is 5.92 Å². The zero-order valence-electron chi connectivity index (χ0n) is 10.7. The molecule has 0 aliphatic carbocycles. The molecule has 1 aliphatic heterocycles.